The van der Waals surface area contributed by atoms with E-state index >= 15 is 0 Å². The van der Waals surface area contributed by atoms with E-state index in [9.17, 15) is 14.0 Å². The van der Waals surface area contributed by atoms with Crippen LogP contribution >= 0.6 is 0 Å². The minimum Gasteiger partial charge on any atom is -0.319 e. The van der Waals surface area contributed by atoms with Crippen molar-refractivity contribution in [1.29, 1.82) is 0 Å². The van der Waals surface area contributed by atoms with Gasteiger partial charge in [-0.15, -0.1) is 10.2 Å². The molecule has 3 heterocycles. The van der Waals surface area contributed by atoms with Crippen LogP contribution < -0.4 is 10.9 Å². The van der Waals surface area contributed by atoms with Crippen LogP contribution in [0.3, 0.4) is 0 Å². The highest BCUT2D eigenvalue weighted by Gasteiger charge is 2.19. The summed E-state index contributed by atoms with van der Waals surface area (Å²) in [4.78, 5) is 25.4. The number of anilines is 1. The molecule has 0 fully saturated rings. The first-order valence-electron chi connectivity index (χ1n) is 10.6. The number of halogens is 1. The van der Waals surface area contributed by atoms with Crippen molar-refractivity contribution < 1.29 is 9.18 Å². The molecular formula is C24H22FN5O2. The maximum absolute atomic E-state index is 14.6. The van der Waals surface area contributed by atoms with Crippen LogP contribution in [0.1, 0.15) is 35.4 Å². The summed E-state index contributed by atoms with van der Waals surface area (Å²) in [6.45, 7) is 0.816. The Bertz CT molecular complexity index is 1410. The molecule has 0 aliphatic carbocycles. The first kappa shape index (κ1) is 20.1. The predicted octanol–water partition coefficient (Wildman–Crippen LogP) is 3.91. The number of benzene rings is 2. The molecule has 0 unspecified atom stereocenters. The van der Waals surface area contributed by atoms with Crippen LogP contribution in [0, 0.1) is 5.82 Å². The van der Waals surface area contributed by atoms with E-state index in [1.54, 1.807) is 43.4 Å². The van der Waals surface area contributed by atoms with E-state index in [2.05, 4.69) is 20.1 Å². The smallest absolute Gasteiger partial charge is 0.256 e. The second-order valence-corrected chi connectivity index (χ2v) is 8.02. The molecule has 5 rings (SSSR count). The van der Waals surface area contributed by atoms with Gasteiger partial charge < -0.3 is 14.5 Å². The topological polar surface area (TPSA) is 81.8 Å². The summed E-state index contributed by atoms with van der Waals surface area (Å²) in [7, 11) is 1.65. The first-order valence-corrected chi connectivity index (χ1v) is 10.6. The Hall–Kier alpha value is -3.81. The molecule has 32 heavy (non-hydrogen) atoms. The van der Waals surface area contributed by atoms with Gasteiger partial charge in [0.05, 0.1) is 16.8 Å². The highest BCUT2D eigenvalue weighted by molar-refractivity contribution is 6.12. The van der Waals surface area contributed by atoms with Gasteiger partial charge in [0.15, 0.2) is 5.82 Å². The fraction of sp³-hybridized carbons (Fsp3) is 0.250. The lowest BCUT2D eigenvalue weighted by Crippen LogP contribution is -2.22. The Labute approximate surface area is 183 Å². The minimum atomic E-state index is -0.564. The van der Waals surface area contributed by atoms with Crippen molar-refractivity contribution in [1.82, 2.24) is 19.3 Å². The van der Waals surface area contributed by atoms with Gasteiger partial charge >= 0.3 is 0 Å². The molecule has 2 aromatic carbocycles. The monoisotopic (exact) mass is 431 g/mol. The second-order valence-electron chi connectivity index (χ2n) is 8.02. The van der Waals surface area contributed by atoms with Crippen LogP contribution in [0.4, 0.5) is 10.1 Å². The molecule has 0 atom stereocenters. The number of pyridine rings is 1. The van der Waals surface area contributed by atoms with Gasteiger partial charge in [-0.05, 0) is 37.1 Å². The molecule has 2 aromatic heterocycles. The number of amides is 1. The first-order chi connectivity index (χ1) is 15.5. The molecule has 4 aromatic rings. The molecule has 0 saturated carbocycles. The molecule has 0 bridgehead atoms. The number of hydrogen-bond acceptors (Lipinski definition) is 4. The van der Waals surface area contributed by atoms with Gasteiger partial charge in [0.2, 0.25) is 0 Å². The van der Waals surface area contributed by atoms with Gasteiger partial charge in [-0.25, -0.2) is 4.39 Å². The van der Waals surface area contributed by atoms with E-state index in [1.165, 1.54) is 16.7 Å². The Morgan fingerprint density at radius 3 is 2.78 bits per heavy atom. The van der Waals surface area contributed by atoms with Crippen molar-refractivity contribution in [3.63, 3.8) is 0 Å². The number of para-hydroxylation sites is 1. The van der Waals surface area contributed by atoms with Crippen molar-refractivity contribution in [2.45, 2.75) is 32.2 Å². The maximum atomic E-state index is 14.6. The molecular weight excluding hydrogens is 409 g/mol. The number of carbonyl (C=O) groups excluding carboxylic acids is 1. The number of rotatable bonds is 3. The Morgan fingerprint density at radius 1 is 1.06 bits per heavy atom. The molecule has 8 heteroatoms. The predicted molar refractivity (Wildman–Crippen MR) is 120 cm³/mol. The number of nitrogens with one attached hydrogen (secondary N) is 1. The number of carbonyl (C=O) groups is 1. The zero-order valence-electron chi connectivity index (χ0n) is 17.6. The van der Waals surface area contributed by atoms with E-state index in [4.69, 9.17) is 0 Å². The molecule has 0 spiro atoms. The van der Waals surface area contributed by atoms with Crippen molar-refractivity contribution >= 4 is 22.5 Å². The van der Waals surface area contributed by atoms with Gasteiger partial charge in [0.25, 0.3) is 11.5 Å². The van der Waals surface area contributed by atoms with Crippen LogP contribution in [0.5, 0.6) is 0 Å². The summed E-state index contributed by atoms with van der Waals surface area (Å²) >= 11 is 0. The second kappa shape index (κ2) is 8.03. The minimum absolute atomic E-state index is 0.0308. The Kier molecular flexibility index (Phi) is 5.05. The SMILES string of the molecule is Cn1c(=O)cc(C(=O)Nc2cc(-c3nnc4n3CCCCC4)ccc2F)c2ccccc21. The zero-order valence-corrected chi connectivity index (χ0v) is 17.6. The van der Waals surface area contributed by atoms with Crippen LogP contribution in [-0.2, 0) is 20.0 Å². The normalized spacial score (nSPS) is 13.6. The third-order valence-corrected chi connectivity index (χ3v) is 5.98. The summed E-state index contributed by atoms with van der Waals surface area (Å²) in [5.74, 6) is 0.483. The molecule has 0 saturated heterocycles. The highest BCUT2D eigenvalue weighted by atomic mass is 19.1. The lowest BCUT2D eigenvalue weighted by molar-refractivity contribution is 0.102. The van der Waals surface area contributed by atoms with E-state index < -0.39 is 11.7 Å². The Balaban J connectivity index is 1.52. The fourth-order valence-corrected chi connectivity index (χ4v) is 4.25. The fourth-order valence-electron chi connectivity index (χ4n) is 4.25. The zero-order chi connectivity index (χ0) is 22.2. The maximum Gasteiger partial charge on any atom is 0.256 e. The third kappa shape index (κ3) is 3.47. The third-order valence-electron chi connectivity index (χ3n) is 5.98. The summed E-state index contributed by atoms with van der Waals surface area (Å²) < 4.78 is 18.2. The van der Waals surface area contributed by atoms with Gasteiger partial charge in [-0.3, -0.25) is 9.59 Å². The Morgan fingerprint density at radius 2 is 1.91 bits per heavy atom. The van der Waals surface area contributed by atoms with Gasteiger partial charge in [0, 0.05) is 37.0 Å². The van der Waals surface area contributed by atoms with Crippen molar-refractivity contribution in [3.8, 4) is 11.4 Å². The molecule has 1 aliphatic rings. The molecule has 1 aliphatic heterocycles. The van der Waals surface area contributed by atoms with E-state index in [0.717, 1.165) is 38.1 Å². The van der Waals surface area contributed by atoms with Crippen LogP contribution in [-0.4, -0.2) is 25.2 Å². The van der Waals surface area contributed by atoms with E-state index in [1.807, 2.05) is 0 Å². The summed E-state index contributed by atoms with van der Waals surface area (Å²) in [5.41, 5.74) is 1.23. The molecule has 1 amide bonds. The largest absolute Gasteiger partial charge is 0.319 e. The van der Waals surface area contributed by atoms with Crippen molar-refractivity contribution in [3.05, 3.63) is 76.1 Å². The van der Waals surface area contributed by atoms with Crippen molar-refractivity contribution in [2.75, 3.05) is 5.32 Å². The summed E-state index contributed by atoms with van der Waals surface area (Å²) in [6.07, 6.45) is 4.12. The highest BCUT2D eigenvalue weighted by Crippen LogP contribution is 2.27. The van der Waals surface area contributed by atoms with E-state index in [0.29, 0.717) is 22.3 Å². The van der Waals surface area contributed by atoms with Gasteiger partial charge in [0.1, 0.15) is 11.6 Å². The average Bonchev–Trinajstić information content (AvgIpc) is 3.05. The summed E-state index contributed by atoms with van der Waals surface area (Å²) in [5, 5.41) is 11.9. The number of aromatic nitrogens is 4. The lowest BCUT2D eigenvalue weighted by Gasteiger charge is -2.12. The van der Waals surface area contributed by atoms with Crippen LogP contribution in [0.25, 0.3) is 22.3 Å². The van der Waals surface area contributed by atoms with Gasteiger partial charge in [-0.2, -0.15) is 0 Å². The average molecular weight is 431 g/mol. The number of nitrogens with zero attached hydrogens (tertiary/aromatic N) is 4. The molecule has 7 nitrogen and oxygen atoms in total. The van der Waals surface area contributed by atoms with E-state index in [-0.39, 0.29) is 16.8 Å². The molecule has 1 N–H and O–H groups in total. The van der Waals surface area contributed by atoms with Gasteiger partial charge in [-0.1, -0.05) is 24.6 Å². The van der Waals surface area contributed by atoms with Crippen LogP contribution in [0.15, 0.2) is 53.3 Å². The lowest BCUT2D eigenvalue weighted by atomic mass is 10.1. The number of aryl methyl sites for hydroxylation is 2. The van der Waals surface area contributed by atoms with Crippen molar-refractivity contribution in [2.24, 2.45) is 7.05 Å². The standard InChI is InChI=1S/C24H22FN5O2/c1-29-20-8-5-4-7-16(20)17(14-22(29)31)24(32)26-19-13-15(10-11-18(19)25)23-28-27-21-9-3-2-6-12-30(21)23/h4-5,7-8,10-11,13-14H,2-3,6,9,12H2,1H3,(H,26,32). The summed E-state index contributed by atoms with van der Waals surface area (Å²) in [6, 6.07) is 12.9. The molecule has 0 radical (unpaired) electrons. The quantitative estimate of drug-likeness (QED) is 0.533. The number of hydrogen-bond donors (Lipinski definition) is 1. The van der Waals surface area contributed by atoms with Crippen LogP contribution in [0.2, 0.25) is 0 Å². The molecule has 162 valence electrons. The number of fused-ring (bicyclic) bond motifs is 2.